The molecule has 0 spiro atoms. The number of amides is 4. The van der Waals surface area contributed by atoms with Gasteiger partial charge in [-0.05, 0) is 113 Å². The maximum absolute atomic E-state index is 13.4. The van der Waals surface area contributed by atoms with Gasteiger partial charge in [0.15, 0.2) is 11.4 Å². The van der Waals surface area contributed by atoms with E-state index in [2.05, 4.69) is 41.7 Å². The summed E-state index contributed by atoms with van der Waals surface area (Å²) in [5, 5.41) is 27.3. The Morgan fingerprint density at radius 1 is 0.929 bits per heavy atom. The van der Waals surface area contributed by atoms with Crippen LogP contribution in [0.5, 0.6) is 0 Å². The minimum Gasteiger partial charge on any atom is -0.444 e. The van der Waals surface area contributed by atoms with Crippen LogP contribution < -0.4 is 32.3 Å². The highest BCUT2D eigenvalue weighted by atomic mass is 19.4. The molecule has 0 aliphatic carbocycles. The monoisotopic (exact) mass is 972 g/mol. The number of oxazole rings is 1. The molecule has 1 saturated heterocycles. The van der Waals surface area contributed by atoms with Gasteiger partial charge in [0.2, 0.25) is 11.8 Å². The lowest BCUT2D eigenvalue weighted by molar-refractivity contribution is -0.130. The molecule has 7 rings (SSSR count). The highest BCUT2D eigenvalue weighted by molar-refractivity contribution is 6.07. The summed E-state index contributed by atoms with van der Waals surface area (Å²) in [7, 11) is 5.39. The van der Waals surface area contributed by atoms with E-state index in [0.29, 0.717) is 68.9 Å². The molecule has 0 bridgehead atoms. The fraction of sp³-hybridized carbons (Fsp3) is 0.404. The van der Waals surface area contributed by atoms with Crippen LogP contribution in [0.2, 0.25) is 0 Å². The number of pyridine rings is 1. The summed E-state index contributed by atoms with van der Waals surface area (Å²) >= 11 is 0. The SMILES string of the molecule is CN(C)CCNC(=O)c1nn(-c2ccc(C(=O)NCCCCOCCCCc3ccc4c(c3)n(C)c(=O)n4C3CCC(O)NC3=O)cc2)cc1NC(=O)c1coc(-c2ccnc(NCC(F)(F)F)c2)n1. The molecular weight excluding hydrogens is 918 g/mol. The van der Waals surface area contributed by atoms with E-state index < -0.39 is 36.8 Å². The lowest BCUT2D eigenvalue weighted by Gasteiger charge is -2.26. The summed E-state index contributed by atoms with van der Waals surface area (Å²) in [5.41, 5.74) is 3.18. The number of nitrogens with one attached hydrogen (secondary N) is 5. The fourth-order valence-corrected chi connectivity index (χ4v) is 7.72. The fourth-order valence-electron chi connectivity index (χ4n) is 7.72. The first kappa shape index (κ1) is 50.5. The van der Waals surface area contributed by atoms with Crippen molar-refractivity contribution in [2.75, 3.05) is 64.1 Å². The molecule has 0 saturated carbocycles. The van der Waals surface area contributed by atoms with Crippen molar-refractivity contribution in [1.82, 2.24) is 49.7 Å². The van der Waals surface area contributed by atoms with E-state index in [4.69, 9.17) is 9.15 Å². The van der Waals surface area contributed by atoms with Gasteiger partial charge < -0.3 is 45.7 Å². The third-order valence-electron chi connectivity index (χ3n) is 11.4. The number of hydrogen-bond acceptors (Lipinski definition) is 13. The van der Waals surface area contributed by atoms with Crippen LogP contribution in [-0.4, -0.2) is 128 Å². The van der Waals surface area contributed by atoms with Gasteiger partial charge in [-0.1, -0.05) is 6.07 Å². The van der Waals surface area contributed by atoms with Gasteiger partial charge in [0.25, 0.3) is 17.7 Å². The van der Waals surface area contributed by atoms with Crippen LogP contribution in [0.25, 0.3) is 28.2 Å². The molecule has 6 N–H and O–H groups in total. The molecule has 4 aromatic heterocycles. The third-order valence-corrected chi connectivity index (χ3v) is 11.4. The van der Waals surface area contributed by atoms with E-state index in [1.54, 1.807) is 35.9 Å². The van der Waals surface area contributed by atoms with Gasteiger partial charge in [0.05, 0.1) is 28.6 Å². The van der Waals surface area contributed by atoms with Crippen LogP contribution in [0.3, 0.4) is 0 Å². The second kappa shape index (κ2) is 22.8. The number of aromatic nitrogens is 6. The molecular formula is C47H55F3N12O8. The Hall–Kier alpha value is -7.37. The van der Waals surface area contributed by atoms with Crippen molar-refractivity contribution in [2.45, 2.75) is 63.4 Å². The molecule has 5 heterocycles. The zero-order valence-corrected chi connectivity index (χ0v) is 38.8. The van der Waals surface area contributed by atoms with Crippen LogP contribution in [0, 0.1) is 0 Å². The maximum Gasteiger partial charge on any atom is 0.405 e. The molecule has 4 amide bonds. The van der Waals surface area contributed by atoms with Gasteiger partial charge in [-0.3, -0.25) is 28.3 Å². The molecule has 70 heavy (non-hydrogen) atoms. The van der Waals surface area contributed by atoms with E-state index in [-0.39, 0.29) is 51.9 Å². The molecule has 2 aromatic carbocycles. The number of ether oxygens (including phenoxy) is 1. The molecule has 6 aromatic rings. The van der Waals surface area contributed by atoms with Gasteiger partial charge >= 0.3 is 11.9 Å². The van der Waals surface area contributed by atoms with Crippen LogP contribution in [0.1, 0.15) is 81.5 Å². The van der Waals surface area contributed by atoms with Gasteiger partial charge in [0.1, 0.15) is 30.9 Å². The molecule has 1 fully saturated rings. The quantitative estimate of drug-likeness (QED) is 0.0517. The Bertz CT molecular complexity index is 2850. The summed E-state index contributed by atoms with van der Waals surface area (Å²) in [6.07, 6.45) is 3.16. The number of hydrogen-bond donors (Lipinski definition) is 6. The minimum absolute atomic E-state index is 0.0495. The topological polar surface area (TPSA) is 245 Å². The van der Waals surface area contributed by atoms with Crippen molar-refractivity contribution in [3.05, 3.63) is 106 Å². The van der Waals surface area contributed by atoms with Gasteiger partial charge in [-0.15, -0.1) is 0 Å². The first-order valence-corrected chi connectivity index (χ1v) is 22.8. The Balaban J connectivity index is 0.857. The molecule has 372 valence electrons. The number of piperidine rings is 1. The maximum atomic E-state index is 13.4. The van der Waals surface area contributed by atoms with Crippen molar-refractivity contribution >= 4 is 46.2 Å². The predicted octanol–water partition coefficient (Wildman–Crippen LogP) is 4.41. The number of aliphatic hydroxyl groups excluding tert-OH is 1. The van der Waals surface area contributed by atoms with Crippen LogP contribution in [0.15, 0.2) is 82.5 Å². The van der Waals surface area contributed by atoms with E-state index in [9.17, 15) is 42.3 Å². The zero-order valence-electron chi connectivity index (χ0n) is 38.8. The summed E-state index contributed by atoms with van der Waals surface area (Å²) < 4.78 is 53.9. The molecule has 23 heteroatoms. The Kier molecular flexibility index (Phi) is 16.5. The summed E-state index contributed by atoms with van der Waals surface area (Å²) in [6, 6.07) is 14.4. The molecule has 20 nitrogen and oxygen atoms in total. The number of unbranched alkanes of at least 4 members (excludes halogenated alkanes) is 2. The Morgan fingerprint density at radius 2 is 1.69 bits per heavy atom. The number of benzene rings is 2. The number of imidazole rings is 1. The smallest absolute Gasteiger partial charge is 0.405 e. The van der Waals surface area contributed by atoms with Crippen molar-refractivity contribution in [3.8, 4) is 17.1 Å². The van der Waals surface area contributed by atoms with Crippen molar-refractivity contribution in [1.29, 1.82) is 0 Å². The summed E-state index contributed by atoms with van der Waals surface area (Å²) in [4.78, 5) is 75.2. The first-order valence-electron chi connectivity index (χ1n) is 22.8. The standard InChI is InChI=1S/C47H55F3N12O8/c1-59(2)21-20-53-44(67)40-33(55-42(65)34-27-70-45(56-34)31-17-19-51-38(25-31)54-28-47(48,49)50)26-61(58-40)32-12-10-30(11-13-32)41(64)52-18-5-7-23-69-22-6-4-8-29-9-14-35-37(24-29)60(3)46(68)62(35)36-15-16-39(63)57-43(36)66/h9-14,17,19,24-27,36,39,63H,4-8,15-16,18,20-23,28H2,1-3H3,(H,51,54)(H,52,64)(H,53,67)(H,55,65)(H,57,66). The average molecular weight is 973 g/mol. The van der Waals surface area contributed by atoms with Crippen LogP contribution in [0.4, 0.5) is 24.7 Å². The number of alkyl halides is 3. The number of rotatable bonds is 22. The number of aryl methyl sites for hydroxylation is 2. The van der Waals surface area contributed by atoms with E-state index in [1.165, 1.54) is 33.8 Å². The largest absolute Gasteiger partial charge is 0.444 e. The van der Waals surface area contributed by atoms with E-state index >= 15 is 0 Å². The number of anilines is 2. The van der Waals surface area contributed by atoms with Crippen molar-refractivity contribution in [3.63, 3.8) is 0 Å². The first-order chi connectivity index (χ1) is 33.5. The van der Waals surface area contributed by atoms with E-state index in [0.717, 1.165) is 43.0 Å². The highest BCUT2D eigenvalue weighted by Gasteiger charge is 2.32. The molecule has 0 radical (unpaired) electrons. The highest BCUT2D eigenvalue weighted by Crippen LogP contribution is 2.27. The number of likely N-dealkylation sites (N-methyl/N-ethyl adjacent to an activating group) is 1. The van der Waals surface area contributed by atoms with E-state index in [1.807, 2.05) is 37.2 Å². The number of aliphatic hydroxyl groups is 1. The Morgan fingerprint density at radius 3 is 2.43 bits per heavy atom. The predicted molar refractivity (Wildman–Crippen MR) is 252 cm³/mol. The lowest BCUT2D eigenvalue weighted by Crippen LogP contribution is -2.46. The van der Waals surface area contributed by atoms with Crippen molar-refractivity contribution in [2.24, 2.45) is 7.05 Å². The molecule has 1 aliphatic heterocycles. The Labute approximate surface area is 399 Å². The molecule has 1 aliphatic rings. The normalized spacial score (nSPS) is 15.0. The second-order valence-electron chi connectivity index (χ2n) is 17.0. The third kappa shape index (κ3) is 13.0. The van der Waals surface area contributed by atoms with Gasteiger partial charge in [-0.2, -0.15) is 18.3 Å². The number of fused-ring (bicyclic) bond motifs is 1. The number of carbonyl (C=O) groups is 4. The van der Waals surface area contributed by atoms with Gasteiger partial charge in [-0.25, -0.2) is 19.4 Å². The lowest BCUT2D eigenvalue weighted by atomic mass is 10.0. The minimum atomic E-state index is -4.46. The zero-order chi connectivity index (χ0) is 50.0. The number of carbonyl (C=O) groups excluding carboxylic acids is 4. The summed E-state index contributed by atoms with van der Waals surface area (Å²) in [5.74, 6) is -2.06. The molecule has 2 unspecified atom stereocenters. The second-order valence-corrected chi connectivity index (χ2v) is 17.0. The number of nitrogens with zero attached hydrogens (tertiary/aromatic N) is 7. The number of halogens is 3. The summed E-state index contributed by atoms with van der Waals surface area (Å²) in [6.45, 7) is 1.10. The molecule has 2 atom stereocenters. The van der Waals surface area contributed by atoms with Crippen LogP contribution >= 0.6 is 0 Å². The van der Waals surface area contributed by atoms with Gasteiger partial charge in [0, 0.05) is 57.2 Å². The van der Waals surface area contributed by atoms with Crippen molar-refractivity contribution < 1.29 is 46.6 Å². The van der Waals surface area contributed by atoms with Crippen LogP contribution in [-0.2, 0) is 23.0 Å². The average Bonchev–Trinajstić information content (AvgIpc) is 4.06.